The van der Waals surface area contributed by atoms with Crippen LogP contribution in [0.5, 0.6) is 0 Å². The first-order chi connectivity index (χ1) is 15.7. The molecule has 4 rings (SSSR count). The zero-order valence-electron chi connectivity index (χ0n) is 19.2. The molecule has 1 saturated heterocycles. The topological polar surface area (TPSA) is 85.8 Å². The molecule has 0 spiro atoms. The lowest BCUT2D eigenvalue weighted by molar-refractivity contribution is -0.119. The highest BCUT2D eigenvalue weighted by atomic mass is 127. The Morgan fingerprint density at radius 1 is 1.09 bits per heavy atom. The van der Waals surface area contributed by atoms with E-state index in [0.717, 1.165) is 81.6 Å². The molecule has 33 heavy (non-hydrogen) atoms. The molecule has 178 valence electrons. The second-order valence-corrected chi connectivity index (χ2v) is 8.36. The monoisotopic (exact) mass is 563 g/mol. The van der Waals surface area contributed by atoms with E-state index in [1.807, 2.05) is 24.3 Å². The van der Waals surface area contributed by atoms with Crippen LogP contribution >= 0.6 is 24.0 Å². The third kappa shape index (κ3) is 7.02. The normalized spacial score (nSPS) is 16.9. The van der Waals surface area contributed by atoms with E-state index in [2.05, 4.69) is 43.4 Å². The smallest absolute Gasteiger partial charge is 0.227 e. The lowest BCUT2D eigenvalue weighted by Gasteiger charge is -2.36. The van der Waals surface area contributed by atoms with Gasteiger partial charge < -0.3 is 20.4 Å². The number of hydrogen-bond acceptors (Lipinski definition) is 5. The van der Waals surface area contributed by atoms with Gasteiger partial charge in [-0.05, 0) is 43.5 Å². The van der Waals surface area contributed by atoms with Gasteiger partial charge in [-0.1, -0.05) is 25.0 Å². The van der Waals surface area contributed by atoms with E-state index < -0.39 is 0 Å². The van der Waals surface area contributed by atoms with Crippen molar-refractivity contribution in [3.8, 4) is 0 Å². The fourth-order valence-electron chi connectivity index (χ4n) is 4.34. The van der Waals surface area contributed by atoms with Crippen LogP contribution in [-0.2, 0) is 11.3 Å². The fourth-order valence-corrected chi connectivity index (χ4v) is 4.34. The van der Waals surface area contributed by atoms with E-state index in [-0.39, 0.29) is 35.8 Å². The summed E-state index contributed by atoms with van der Waals surface area (Å²) >= 11 is 0. The molecule has 2 N–H and O–H groups in total. The largest absolute Gasteiger partial charge is 0.357 e. The molecular formula is C24H34IN7O. The number of nitrogens with zero attached hydrogens (tertiary/aromatic N) is 5. The van der Waals surface area contributed by atoms with Crippen LogP contribution in [0.2, 0.25) is 0 Å². The maximum Gasteiger partial charge on any atom is 0.227 e. The Morgan fingerprint density at radius 2 is 1.82 bits per heavy atom. The van der Waals surface area contributed by atoms with E-state index in [9.17, 15) is 4.79 Å². The molecule has 0 atom stereocenters. The molecule has 1 amide bonds. The summed E-state index contributed by atoms with van der Waals surface area (Å²) in [5.41, 5.74) is 1.94. The van der Waals surface area contributed by atoms with Gasteiger partial charge in [-0.25, -0.2) is 15.0 Å². The minimum absolute atomic E-state index is 0. The van der Waals surface area contributed by atoms with Gasteiger partial charge in [-0.15, -0.1) is 24.0 Å². The first kappa shape index (κ1) is 25.2. The molecule has 1 saturated carbocycles. The molecule has 0 bridgehead atoms. The Morgan fingerprint density at radius 3 is 2.52 bits per heavy atom. The minimum atomic E-state index is 0. The van der Waals surface area contributed by atoms with E-state index in [1.54, 1.807) is 12.4 Å². The number of rotatable bonds is 6. The van der Waals surface area contributed by atoms with Crippen molar-refractivity contribution >= 4 is 47.5 Å². The minimum Gasteiger partial charge on any atom is -0.357 e. The number of aromatic nitrogens is 2. The standard InChI is InChI=1S/C24H33N7O.HI/c1-2-25-23(30-13-15-31(16-14-30)24-26-11-6-12-27-24)28-18-19-7-5-10-21(17-19)29-22(32)20-8-3-4-9-20;/h5-7,10-12,17,20H,2-4,8-9,13-16,18H2,1H3,(H,25,28)(H,29,32);1H. The number of aliphatic imine (C=N–C) groups is 1. The number of guanidine groups is 1. The van der Waals surface area contributed by atoms with Gasteiger partial charge in [0, 0.05) is 56.7 Å². The number of benzene rings is 1. The molecule has 2 heterocycles. The predicted octanol–water partition coefficient (Wildman–Crippen LogP) is 3.51. The summed E-state index contributed by atoms with van der Waals surface area (Å²) in [4.78, 5) is 30.5. The molecule has 1 aliphatic carbocycles. The zero-order valence-corrected chi connectivity index (χ0v) is 21.6. The average Bonchev–Trinajstić information content (AvgIpc) is 3.38. The van der Waals surface area contributed by atoms with Gasteiger partial charge in [-0.3, -0.25) is 4.79 Å². The van der Waals surface area contributed by atoms with E-state index in [0.29, 0.717) is 6.54 Å². The quantitative estimate of drug-likeness (QED) is 0.318. The number of piperazine rings is 1. The van der Waals surface area contributed by atoms with Crippen LogP contribution in [0.1, 0.15) is 38.2 Å². The molecule has 1 aromatic carbocycles. The van der Waals surface area contributed by atoms with Crippen LogP contribution < -0.4 is 15.5 Å². The summed E-state index contributed by atoms with van der Waals surface area (Å²) in [6, 6.07) is 9.87. The Labute approximate surface area is 213 Å². The highest BCUT2D eigenvalue weighted by molar-refractivity contribution is 14.0. The summed E-state index contributed by atoms with van der Waals surface area (Å²) < 4.78 is 0. The van der Waals surface area contributed by atoms with Crippen molar-refractivity contribution in [3.05, 3.63) is 48.3 Å². The van der Waals surface area contributed by atoms with Gasteiger partial charge in [0.1, 0.15) is 0 Å². The molecule has 9 heteroatoms. The van der Waals surface area contributed by atoms with Crippen molar-refractivity contribution in [1.29, 1.82) is 0 Å². The van der Waals surface area contributed by atoms with Gasteiger partial charge in [0.25, 0.3) is 0 Å². The van der Waals surface area contributed by atoms with Gasteiger partial charge in [0.15, 0.2) is 5.96 Å². The SMILES string of the molecule is CCNC(=NCc1cccc(NC(=O)C2CCCC2)c1)N1CCN(c2ncccn2)CC1.I. The number of halogens is 1. The molecular weight excluding hydrogens is 529 g/mol. The third-order valence-electron chi connectivity index (χ3n) is 6.08. The first-order valence-electron chi connectivity index (χ1n) is 11.7. The maximum atomic E-state index is 12.4. The van der Waals surface area contributed by atoms with E-state index in [4.69, 9.17) is 4.99 Å². The number of nitrogens with one attached hydrogen (secondary N) is 2. The lowest BCUT2D eigenvalue weighted by Crippen LogP contribution is -2.52. The van der Waals surface area contributed by atoms with Crippen molar-refractivity contribution in [2.45, 2.75) is 39.2 Å². The van der Waals surface area contributed by atoms with Gasteiger partial charge in [-0.2, -0.15) is 0 Å². The van der Waals surface area contributed by atoms with Crippen LogP contribution in [-0.4, -0.2) is 59.5 Å². The molecule has 8 nitrogen and oxygen atoms in total. The number of anilines is 2. The van der Waals surface area contributed by atoms with Crippen LogP contribution in [0.25, 0.3) is 0 Å². The summed E-state index contributed by atoms with van der Waals surface area (Å²) in [6.45, 7) is 6.91. The van der Waals surface area contributed by atoms with E-state index >= 15 is 0 Å². The van der Waals surface area contributed by atoms with Crippen molar-refractivity contribution < 1.29 is 4.79 Å². The molecule has 2 aliphatic rings. The van der Waals surface area contributed by atoms with Crippen molar-refractivity contribution in [2.75, 3.05) is 42.9 Å². The molecule has 1 aliphatic heterocycles. The molecule has 2 fully saturated rings. The summed E-state index contributed by atoms with van der Waals surface area (Å²) in [6.07, 6.45) is 7.89. The van der Waals surface area contributed by atoms with Gasteiger partial charge in [0.2, 0.25) is 11.9 Å². The summed E-state index contributed by atoms with van der Waals surface area (Å²) in [5.74, 6) is 2.01. The van der Waals surface area contributed by atoms with Gasteiger partial charge >= 0.3 is 0 Å². The van der Waals surface area contributed by atoms with Crippen molar-refractivity contribution in [1.82, 2.24) is 20.2 Å². The second-order valence-electron chi connectivity index (χ2n) is 8.36. The average molecular weight is 563 g/mol. The highest BCUT2D eigenvalue weighted by Gasteiger charge is 2.23. The Bertz CT molecular complexity index is 910. The van der Waals surface area contributed by atoms with Crippen LogP contribution in [0.4, 0.5) is 11.6 Å². The first-order valence-corrected chi connectivity index (χ1v) is 11.7. The van der Waals surface area contributed by atoms with Crippen molar-refractivity contribution in [3.63, 3.8) is 0 Å². The molecule has 0 radical (unpaired) electrons. The van der Waals surface area contributed by atoms with Gasteiger partial charge in [0.05, 0.1) is 6.54 Å². The zero-order chi connectivity index (χ0) is 22.2. The Kier molecular flexibility index (Phi) is 9.71. The Balaban J connectivity index is 0.00000306. The second kappa shape index (κ2) is 12.7. The van der Waals surface area contributed by atoms with Crippen molar-refractivity contribution in [2.24, 2.45) is 10.9 Å². The van der Waals surface area contributed by atoms with Crippen LogP contribution in [0.15, 0.2) is 47.7 Å². The number of hydrogen-bond donors (Lipinski definition) is 2. The highest BCUT2D eigenvalue weighted by Crippen LogP contribution is 2.26. The maximum absolute atomic E-state index is 12.4. The fraction of sp³-hybridized carbons (Fsp3) is 0.500. The number of carbonyl (C=O) groups excluding carboxylic acids is 1. The summed E-state index contributed by atoms with van der Waals surface area (Å²) in [5, 5.41) is 6.51. The molecule has 1 aromatic heterocycles. The molecule has 2 aromatic rings. The van der Waals surface area contributed by atoms with Crippen LogP contribution in [0, 0.1) is 5.92 Å². The van der Waals surface area contributed by atoms with Crippen LogP contribution in [0.3, 0.4) is 0 Å². The summed E-state index contributed by atoms with van der Waals surface area (Å²) in [7, 11) is 0. The predicted molar refractivity (Wildman–Crippen MR) is 143 cm³/mol. The number of carbonyl (C=O) groups is 1. The third-order valence-corrected chi connectivity index (χ3v) is 6.08. The van der Waals surface area contributed by atoms with E-state index in [1.165, 1.54) is 0 Å². The molecule has 0 unspecified atom stereocenters. The number of amides is 1. The lowest BCUT2D eigenvalue weighted by atomic mass is 10.1. The Hall–Kier alpha value is -2.43.